The Morgan fingerprint density at radius 1 is 1.47 bits per heavy atom. The molecule has 0 N–H and O–H groups in total. The van der Waals surface area contributed by atoms with Gasteiger partial charge in [-0.3, -0.25) is 0 Å². The van der Waals surface area contributed by atoms with Crippen molar-refractivity contribution in [2.75, 3.05) is 0 Å². The van der Waals surface area contributed by atoms with Crippen molar-refractivity contribution in [2.24, 2.45) is 0 Å². The van der Waals surface area contributed by atoms with E-state index in [-0.39, 0.29) is 16.3 Å². The molecule has 0 bridgehead atoms. The first-order valence-corrected chi connectivity index (χ1v) is 7.27. The number of hydrogen-bond donors (Lipinski definition) is 0. The quantitative estimate of drug-likeness (QED) is 0.619. The first kappa shape index (κ1) is 12.8. The molecule has 0 atom stereocenters. The van der Waals surface area contributed by atoms with Crippen LogP contribution in [-0.2, 0) is 14.9 Å². The van der Waals surface area contributed by atoms with Crippen LogP contribution in [0.1, 0.15) is 11.1 Å². The van der Waals surface area contributed by atoms with Gasteiger partial charge in [-0.25, -0.2) is 8.42 Å². The van der Waals surface area contributed by atoms with Gasteiger partial charge in [-0.1, -0.05) is 15.9 Å². The maximum absolute atomic E-state index is 11.2. The monoisotopic (exact) mass is 327 g/mol. The van der Waals surface area contributed by atoms with Gasteiger partial charge in [-0.15, -0.1) is 11.6 Å². The lowest BCUT2D eigenvalue weighted by atomic mass is 10.2. The van der Waals surface area contributed by atoms with Crippen LogP contribution in [0.2, 0.25) is 0 Å². The first-order valence-electron chi connectivity index (χ1n) is 3.63. The average molecular weight is 329 g/mol. The van der Waals surface area contributed by atoms with Gasteiger partial charge >= 0.3 is 0 Å². The summed E-state index contributed by atoms with van der Waals surface area (Å²) in [6.45, 7) is 0. The number of nitriles is 1. The largest absolute Gasteiger partial charge is 0.261 e. The van der Waals surface area contributed by atoms with Gasteiger partial charge in [-0.2, -0.15) is 5.26 Å². The van der Waals surface area contributed by atoms with Crippen molar-refractivity contribution in [3.05, 3.63) is 27.7 Å². The van der Waals surface area contributed by atoms with Crippen molar-refractivity contribution >= 4 is 47.3 Å². The highest BCUT2D eigenvalue weighted by molar-refractivity contribution is 9.10. The van der Waals surface area contributed by atoms with Crippen LogP contribution in [0.15, 0.2) is 21.5 Å². The predicted molar refractivity (Wildman–Crippen MR) is 61.5 cm³/mol. The van der Waals surface area contributed by atoms with Crippen molar-refractivity contribution in [2.45, 2.75) is 10.8 Å². The number of benzene rings is 1. The van der Waals surface area contributed by atoms with Crippen molar-refractivity contribution in [3.63, 3.8) is 0 Å². The molecular weight excluding hydrogens is 325 g/mol. The molecule has 1 rings (SSSR count). The molecule has 0 fully saturated rings. The summed E-state index contributed by atoms with van der Waals surface area (Å²) in [6, 6.07) is 4.52. The summed E-state index contributed by atoms with van der Waals surface area (Å²) >= 11 is 8.74. The summed E-state index contributed by atoms with van der Waals surface area (Å²) in [6.07, 6.45) is 0. The summed E-state index contributed by atoms with van der Waals surface area (Å²) in [5.74, 6) is -0.00637. The zero-order valence-corrected chi connectivity index (χ0v) is 11.1. The molecule has 1 aromatic rings. The second kappa shape index (κ2) is 4.71. The molecule has 0 aromatic heterocycles. The highest BCUT2D eigenvalue weighted by Gasteiger charge is 2.18. The number of alkyl halides is 1. The molecule has 7 heteroatoms. The molecule has 80 valence electrons. The normalized spacial score (nSPS) is 11.1. The molecular formula is C8H4BrCl2NO2S. The van der Waals surface area contributed by atoms with Gasteiger partial charge in [0, 0.05) is 26.6 Å². The van der Waals surface area contributed by atoms with Crippen LogP contribution in [0.4, 0.5) is 0 Å². The van der Waals surface area contributed by atoms with Crippen LogP contribution in [-0.4, -0.2) is 8.42 Å². The fraction of sp³-hybridized carbons (Fsp3) is 0.125. The molecule has 0 amide bonds. The van der Waals surface area contributed by atoms with E-state index in [1.165, 1.54) is 12.1 Å². The fourth-order valence-corrected chi connectivity index (χ4v) is 3.44. The van der Waals surface area contributed by atoms with E-state index in [2.05, 4.69) is 15.9 Å². The van der Waals surface area contributed by atoms with E-state index < -0.39 is 9.05 Å². The Labute approximate surface area is 105 Å². The second-order valence-electron chi connectivity index (χ2n) is 2.62. The van der Waals surface area contributed by atoms with E-state index in [0.29, 0.717) is 10.0 Å². The lowest BCUT2D eigenvalue weighted by molar-refractivity contribution is 0.609. The molecule has 0 aliphatic heterocycles. The molecule has 0 saturated heterocycles. The number of hydrogen-bond acceptors (Lipinski definition) is 3. The molecule has 0 aliphatic rings. The molecule has 3 nitrogen and oxygen atoms in total. The summed E-state index contributed by atoms with van der Waals surface area (Å²) < 4.78 is 22.9. The summed E-state index contributed by atoms with van der Waals surface area (Å²) in [4.78, 5) is -0.134. The third-order valence-electron chi connectivity index (χ3n) is 1.68. The van der Waals surface area contributed by atoms with E-state index in [0.717, 1.165) is 0 Å². The third-order valence-corrected chi connectivity index (χ3v) is 4.04. The maximum Gasteiger partial charge on any atom is 0.261 e. The smallest absolute Gasteiger partial charge is 0.207 e. The van der Waals surface area contributed by atoms with Gasteiger partial charge in [0.15, 0.2) is 0 Å². The molecule has 0 heterocycles. The van der Waals surface area contributed by atoms with Gasteiger partial charge in [0.1, 0.15) is 0 Å². The Bertz CT molecular complexity index is 536. The maximum atomic E-state index is 11.2. The minimum atomic E-state index is -3.89. The number of halogens is 3. The Kier molecular flexibility index (Phi) is 4.01. The molecule has 1 aromatic carbocycles. The average Bonchev–Trinajstić information content (AvgIpc) is 2.15. The topological polar surface area (TPSA) is 57.9 Å². The van der Waals surface area contributed by atoms with E-state index in [9.17, 15) is 8.42 Å². The van der Waals surface area contributed by atoms with Gasteiger partial charge in [0.2, 0.25) is 0 Å². The molecule has 15 heavy (non-hydrogen) atoms. The zero-order valence-electron chi connectivity index (χ0n) is 7.17. The minimum absolute atomic E-state index is 0.00637. The van der Waals surface area contributed by atoms with Crippen LogP contribution < -0.4 is 0 Å². The van der Waals surface area contributed by atoms with Crippen LogP contribution >= 0.6 is 38.2 Å². The third kappa shape index (κ3) is 2.85. The standard InChI is InChI=1S/C8H4BrCl2NO2S/c9-7-1-5(4-12)2-8(6(7)3-10)15(11,13)14/h1-2H,3H2. The lowest BCUT2D eigenvalue weighted by Gasteiger charge is -2.06. The van der Waals surface area contributed by atoms with Crippen molar-refractivity contribution in [1.29, 1.82) is 5.26 Å². The second-order valence-corrected chi connectivity index (χ2v) is 6.27. The fourth-order valence-electron chi connectivity index (χ4n) is 1.02. The molecule has 0 radical (unpaired) electrons. The van der Waals surface area contributed by atoms with Crippen molar-refractivity contribution < 1.29 is 8.42 Å². The zero-order chi connectivity index (χ0) is 11.6. The highest BCUT2D eigenvalue weighted by Crippen LogP contribution is 2.29. The highest BCUT2D eigenvalue weighted by atomic mass is 79.9. The molecule has 0 aliphatic carbocycles. The Hall–Kier alpha value is -0.280. The Morgan fingerprint density at radius 2 is 2.07 bits per heavy atom. The predicted octanol–water partition coefficient (Wildman–Crippen LogP) is 2.99. The van der Waals surface area contributed by atoms with Crippen LogP contribution in [0.5, 0.6) is 0 Å². The van der Waals surface area contributed by atoms with E-state index in [4.69, 9.17) is 27.5 Å². The molecule has 0 spiro atoms. The van der Waals surface area contributed by atoms with Crippen molar-refractivity contribution in [3.8, 4) is 6.07 Å². The van der Waals surface area contributed by atoms with Crippen LogP contribution in [0, 0.1) is 11.3 Å². The Balaban J connectivity index is 3.63. The summed E-state index contributed by atoms with van der Waals surface area (Å²) in [5.41, 5.74) is 0.556. The van der Waals surface area contributed by atoms with Gasteiger partial charge in [0.25, 0.3) is 9.05 Å². The molecule has 0 saturated carbocycles. The number of nitrogens with zero attached hydrogens (tertiary/aromatic N) is 1. The van der Waals surface area contributed by atoms with Crippen LogP contribution in [0.25, 0.3) is 0 Å². The van der Waals surface area contributed by atoms with E-state index in [1.807, 2.05) is 6.07 Å². The summed E-state index contributed by atoms with van der Waals surface area (Å²) in [5, 5.41) is 8.67. The summed E-state index contributed by atoms with van der Waals surface area (Å²) in [7, 11) is 1.33. The first-order chi connectivity index (χ1) is 6.90. The Morgan fingerprint density at radius 3 is 2.47 bits per heavy atom. The SMILES string of the molecule is N#Cc1cc(Br)c(CCl)c(S(=O)(=O)Cl)c1. The minimum Gasteiger partial charge on any atom is -0.207 e. The van der Waals surface area contributed by atoms with Gasteiger partial charge < -0.3 is 0 Å². The van der Waals surface area contributed by atoms with Gasteiger partial charge in [-0.05, 0) is 12.1 Å². The van der Waals surface area contributed by atoms with Crippen molar-refractivity contribution in [1.82, 2.24) is 0 Å². The van der Waals surface area contributed by atoms with E-state index >= 15 is 0 Å². The van der Waals surface area contributed by atoms with E-state index in [1.54, 1.807) is 0 Å². The van der Waals surface area contributed by atoms with Crippen LogP contribution in [0.3, 0.4) is 0 Å². The molecule has 0 unspecified atom stereocenters. The lowest BCUT2D eigenvalue weighted by Crippen LogP contribution is -1.98. The number of rotatable bonds is 2. The van der Waals surface area contributed by atoms with Gasteiger partial charge in [0.05, 0.1) is 16.5 Å².